The number of aromatic nitrogens is 2. The van der Waals surface area contributed by atoms with E-state index in [4.69, 9.17) is 0 Å². The van der Waals surface area contributed by atoms with Crippen LogP contribution in [0.5, 0.6) is 0 Å². The number of ketones is 1. The van der Waals surface area contributed by atoms with Gasteiger partial charge in [-0.3, -0.25) is 13.8 Å². The molecule has 0 atom stereocenters. The van der Waals surface area contributed by atoms with Crippen molar-refractivity contribution in [1.82, 2.24) is 8.96 Å². The maximum Gasteiger partial charge on any atom is 0.241 e. The molecule has 3 rings (SSSR count). The number of nitrogens with zero attached hydrogens (tertiary/aromatic N) is 2. The molecule has 104 valence electrons. The summed E-state index contributed by atoms with van der Waals surface area (Å²) in [6, 6.07) is 6.82. The molecule has 6 heteroatoms. The second-order valence-corrected chi connectivity index (χ2v) is 7.03. The molecular formula is C14H14N2O3S. The Morgan fingerprint density at radius 1 is 1.30 bits per heavy atom. The van der Waals surface area contributed by atoms with Crippen molar-refractivity contribution in [2.24, 2.45) is 0 Å². The van der Waals surface area contributed by atoms with E-state index in [9.17, 15) is 13.2 Å². The van der Waals surface area contributed by atoms with E-state index < -0.39 is 10.0 Å². The lowest BCUT2D eigenvalue weighted by atomic mass is 10.1. The van der Waals surface area contributed by atoms with Gasteiger partial charge in [0.2, 0.25) is 10.0 Å². The van der Waals surface area contributed by atoms with Crippen LogP contribution in [0.3, 0.4) is 0 Å². The Hall–Kier alpha value is -1.95. The number of Topliss-reactive ketones (excluding diaryl/α,β-unsaturated/α-hetero) is 1. The maximum atomic E-state index is 12.0. The summed E-state index contributed by atoms with van der Waals surface area (Å²) < 4.78 is 25.3. The quantitative estimate of drug-likeness (QED) is 0.785. The zero-order chi connectivity index (χ0) is 14.2. The third-order valence-corrected chi connectivity index (χ3v) is 5.41. The van der Waals surface area contributed by atoms with Gasteiger partial charge in [-0.05, 0) is 36.6 Å². The Kier molecular flexibility index (Phi) is 3.17. The van der Waals surface area contributed by atoms with Gasteiger partial charge in [-0.1, -0.05) is 6.07 Å². The van der Waals surface area contributed by atoms with Gasteiger partial charge in [-0.2, -0.15) is 0 Å². The fraction of sp³-hybridized carbons (Fsp3) is 0.286. The van der Waals surface area contributed by atoms with Crippen LogP contribution in [-0.4, -0.2) is 28.4 Å². The summed E-state index contributed by atoms with van der Waals surface area (Å²) in [5.41, 5.74) is 1.08. The van der Waals surface area contributed by atoms with E-state index in [2.05, 4.69) is 4.98 Å². The summed E-state index contributed by atoms with van der Waals surface area (Å²) in [7, 11) is -3.26. The van der Waals surface area contributed by atoms with Crippen molar-refractivity contribution in [1.29, 1.82) is 0 Å². The lowest BCUT2D eigenvalue weighted by molar-refractivity contribution is 0.0988. The Morgan fingerprint density at radius 2 is 2.10 bits per heavy atom. The molecule has 0 radical (unpaired) electrons. The highest BCUT2D eigenvalue weighted by molar-refractivity contribution is 7.90. The van der Waals surface area contributed by atoms with Gasteiger partial charge >= 0.3 is 0 Å². The number of carbonyl (C=O) groups excluding carboxylic acids is 1. The Balaban J connectivity index is 1.76. The molecule has 2 aromatic rings. The number of pyridine rings is 1. The number of hydrogen-bond donors (Lipinski definition) is 0. The summed E-state index contributed by atoms with van der Waals surface area (Å²) >= 11 is 0. The minimum atomic E-state index is -3.26. The average molecular weight is 290 g/mol. The zero-order valence-electron chi connectivity index (χ0n) is 10.8. The van der Waals surface area contributed by atoms with E-state index in [1.165, 1.54) is 16.4 Å². The first-order valence-corrected chi connectivity index (χ1v) is 7.93. The van der Waals surface area contributed by atoms with Crippen molar-refractivity contribution in [3.63, 3.8) is 0 Å². The van der Waals surface area contributed by atoms with E-state index in [1.807, 2.05) is 0 Å². The second-order valence-electron chi connectivity index (χ2n) is 4.91. The normalized spacial score (nSPS) is 15.2. The topological polar surface area (TPSA) is 69.0 Å². The molecule has 0 aliphatic heterocycles. The van der Waals surface area contributed by atoms with Crippen LogP contribution in [0.25, 0.3) is 0 Å². The fourth-order valence-corrected chi connectivity index (χ4v) is 3.61. The van der Waals surface area contributed by atoms with Gasteiger partial charge in [0.1, 0.15) is 5.69 Å². The predicted octanol–water partition coefficient (Wildman–Crippen LogP) is 1.65. The molecule has 2 heterocycles. The monoisotopic (exact) mass is 290 g/mol. The lowest BCUT2D eigenvalue weighted by Crippen LogP contribution is -2.15. The smallest absolute Gasteiger partial charge is 0.241 e. The highest BCUT2D eigenvalue weighted by Gasteiger charge is 2.36. The third-order valence-electron chi connectivity index (χ3n) is 3.28. The molecule has 0 N–H and O–H groups in total. The Morgan fingerprint density at radius 3 is 2.75 bits per heavy atom. The summed E-state index contributed by atoms with van der Waals surface area (Å²) in [5.74, 6) is -0.118. The Labute approximate surface area is 117 Å². The number of carbonyl (C=O) groups is 1. The predicted molar refractivity (Wildman–Crippen MR) is 74.0 cm³/mol. The van der Waals surface area contributed by atoms with Gasteiger partial charge in [0.25, 0.3) is 0 Å². The molecule has 1 aliphatic carbocycles. The molecule has 0 saturated heterocycles. The molecule has 0 spiro atoms. The molecule has 20 heavy (non-hydrogen) atoms. The van der Waals surface area contributed by atoms with Crippen molar-refractivity contribution in [3.8, 4) is 0 Å². The van der Waals surface area contributed by atoms with Crippen LogP contribution < -0.4 is 0 Å². The molecule has 0 bridgehead atoms. The first-order valence-electron chi connectivity index (χ1n) is 6.43. The lowest BCUT2D eigenvalue weighted by Gasteiger charge is -2.02. The van der Waals surface area contributed by atoms with Crippen LogP contribution in [-0.2, 0) is 16.4 Å². The highest BCUT2D eigenvalue weighted by Crippen LogP contribution is 2.30. The molecule has 1 aliphatic rings. The molecule has 2 aromatic heterocycles. The van der Waals surface area contributed by atoms with Crippen molar-refractivity contribution in [2.45, 2.75) is 24.5 Å². The van der Waals surface area contributed by atoms with Crippen LogP contribution in [0.4, 0.5) is 0 Å². The first kappa shape index (κ1) is 13.1. The SMILES string of the molecule is O=C(Cc1ccn(S(=O)(=O)C2CC2)c1)c1ccccn1. The van der Waals surface area contributed by atoms with Crippen LogP contribution in [0.2, 0.25) is 0 Å². The van der Waals surface area contributed by atoms with E-state index in [0.29, 0.717) is 11.3 Å². The van der Waals surface area contributed by atoms with E-state index >= 15 is 0 Å². The van der Waals surface area contributed by atoms with Crippen molar-refractivity contribution < 1.29 is 13.2 Å². The minimum Gasteiger partial charge on any atom is -0.292 e. The standard InChI is InChI=1S/C14H14N2O3S/c17-14(13-3-1-2-7-15-13)9-11-6-8-16(10-11)20(18,19)12-4-5-12/h1-3,6-8,10,12H,4-5,9H2. The van der Waals surface area contributed by atoms with Crippen LogP contribution in [0, 0.1) is 0 Å². The molecule has 0 amide bonds. The Bertz CT molecular complexity index is 731. The van der Waals surface area contributed by atoms with E-state index in [-0.39, 0.29) is 17.5 Å². The van der Waals surface area contributed by atoms with Crippen LogP contribution in [0.15, 0.2) is 42.9 Å². The summed E-state index contributed by atoms with van der Waals surface area (Å²) in [4.78, 5) is 16.0. The average Bonchev–Trinajstić information content (AvgIpc) is 3.21. The van der Waals surface area contributed by atoms with Gasteiger partial charge in [0.15, 0.2) is 5.78 Å². The minimum absolute atomic E-state index is 0.118. The van der Waals surface area contributed by atoms with Gasteiger partial charge in [0.05, 0.1) is 5.25 Å². The van der Waals surface area contributed by atoms with E-state index in [1.54, 1.807) is 30.5 Å². The van der Waals surface area contributed by atoms with Gasteiger partial charge in [0, 0.05) is 25.0 Å². The third kappa shape index (κ3) is 2.51. The van der Waals surface area contributed by atoms with Crippen molar-refractivity contribution >= 4 is 15.8 Å². The van der Waals surface area contributed by atoms with E-state index in [0.717, 1.165) is 12.8 Å². The first-order chi connectivity index (χ1) is 9.57. The van der Waals surface area contributed by atoms with Crippen LogP contribution in [0.1, 0.15) is 28.9 Å². The molecule has 1 saturated carbocycles. The zero-order valence-corrected chi connectivity index (χ0v) is 11.6. The molecule has 0 aromatic carbocycles. The molecule has 1 fully saturated rings. The van der Waals surface area contributed by atoms with Gasteiger partial charge in [-0.15, -0.1) is 0 Å². The molecule has 0 unspecified atom stereocenters. The summed E-state index contributed by atoms with van der Waals surface area (Å²) in [6.45, 7) is 0. The molecular weight excluding hydrogens is 276 g/mol. The second kappa shape index (κ2) is 4.86. The largest absolute Gasteiger partial charge is 0.292 e. The number of rotatable bonds is 5. The van der Waals surface area contributed by atoms with Gasteiger partial charge < -0.3 is 0 Å². The van der Waals surface area contributed by atoms with Gasteiger partial charge in [-0.25, -0.2) is 8.42 Å². The summed E-state index contributed by atoms with van der Waals surface area (Å²) in [6.07, 6.45) is 6.20. The molecule has 5 nitrogen and oxygen atoms in total. The highest BCUT2D eigenvalue weighted by atomic mass is 32.2. The summed E-state index contributed by atoms with van der Waals surface area (Å²) in [5, 5.41) is -0.255. The fourth-order valence-electron chi connectivity index (χ4n) is 2.02. The van der Waals surface area contributed by atoms with Crippen molar-refractivity contribution in [2.75, 3.05) is 0 Å². The van der Waals surface area contributed by atoms with Crippen molar-refractivity contribution in [3.05, 3.63) is 54.1 Å². The number of hydrogen-bond acceptors (Lipinski definition) is 4. The maximum absolute atomic E-state index is 12.0. The van der Waals surface area contributed by atoms with Crippen LogP contribution >= 0.6 is 0 Å².